The Morgan fingerprint density at radius 2 is 2.29 bits per heavy atom. The molecule has 14 heavy (non-hydrogen) atoms. The highest BCUT2D eigenvalue weighted by Gasteiger charge is 2.12. The van der Waals surface area contributed by atoms with E-state index in [1.807, 2.05) is 0 Å². The number of aromatic hydroxyl groups is 1. The van der Waals surface area contributed by atoms with E-state index in [1.165, 1.54) is 12.1 Å². The quantitative estimate of drug-likeness (QED) is 0.319. The van der Waals surface area contributed by atoms with Crippen LogP contribution >= 0.6 is 12.6 Å². The molecule has 0 atom stereocenters. The minimum atomic E-state index is -0.581. The molecule has 0 aliphatic carbocycles. The zero-order valence-corrected chi connectivity index (χ0v) is 7.99. The van der Waals surface area contributed by atoms with Crippen molar-refractivity contribution in [3.8, 4) is 17.6 Å². The Labute approximate surface area is 86.1 Å². The lowest BCUT2D eigenvalue weighted by Crippen LogP contribution is -1.91. The molecule has 0 fully saturated rings. The molecule has 0 saturated carbocycles. The average molecular weight is 209 g/mol. The number of thiol groups is 1. The van der Waals surface area contributed by atoms with Gasteiger partial charge in [-0.05, 0) is 12.1 Å². The number of nitrogens with zero attached hydrogens (tertiary/aromatic N) is 1. The maximum absolute atomic E-state index is 10.5. The summed E-state index contributed by atoms with van der Waals surface area (Å²) in [7, 11) is 0. The summed E-state index contributed by atoms with van der Waals surface area (Å²) in [5.74, 6) is 5.39. The van der Waals surface area contributed by atoms with Crippen LogP contribution in [0, 0.1) is 22.0 Å². The summed E-state index contributed by atoms with van der Waals surface area (Å²) in [6, 6.07) is 3.84. The van der Waals surface area contributed by atoms with Gasteiger partial charge in [-0.3, -0.25) is 10.1 Å². The average Bonchev–Trinajstić information content (AvgIpc) is 2.15. The van der Waals surface area contributed by atoms with Gasteiger partial charge < -0.3 is 5.11 Å². The van der Waals surface area contributed by atoms with Crippen molar-refractivity contribution in [1.29, 1.82) is 0 Å². The van der Waals surface area contributed by atoms with E-state index in [9.17, 15) is 10.1 Å². The summed E-state index contributed by atoms with van der Waals surface area (Å²) < 4.78 is 0. The third kappa shape index (κ3) is 2.41. The minimum Gasteiger partial charge on any atom is -0.508 e. The first kappa shape index (κ1) is 10.4. The van der Waals surface area contributed by atoms with Crippen molar-refractivity contribution in [1.82, 2.24) is 0 Å². The highest BCUT2D eigenvalue weighted by Crippen LogP contribution is 2.22. The fourth-order valence-corrected chi connectivity index (χ4v) is 0.991. The van der Waals surface area contributed by atoms with E-state index in [0.29, 0.717) is 5.75 Å². The fraction of sp³-hybridized carbons (Fsp3) is 0.111. The summed E-state index contributed by atoms with van der Waals surface area (Å²) in [6.45, 7) is 0. The van der Waals surface area contributed by atoms with Gasteiger partial charge in [0.1, 0.15) is 11.3 Å². The van der Waals surface area contributed by atoms with Gasteiger partial charge in [-0.1, -0.05) is 11.8 Å². The second-order valence-electron chi connectivity index (χ2n) is 2.42. The Kier molecular flexibility index (Phi) is 3.37. The predicted molar refractivity (Wildman–Crippen MR) is 55.5 cm³/mol. The largest absolute Gasteiger partial charge is 0.508 e. The van der Waals surface area contributed by atoms with Gasteiger partial charge in [-0.2, -0.15) is 12.6 Å². The number of phenols is 1. The Morgan fingerprint density at radius 1 is 1.57 bits per heavy atom. The van der Waals surface area contributed by atoms with Gasteiger partial charge in [-0.25, -0.2) is 0 Å². The van der Waals surface area contributed by atoms with Gasteiger partial charge in [0.25, 0.3) is 5.69 Å². The summed E-state index contributed by atoms with van der Waals surface area (Å²) in [6.07, 6.45) is 0. The van der Waals surface area contributed by atoms with Gasteiger partial charge in [0.15, 0.2) is 0 Å². The van der Waals surface area contributed by atoms with Crippen molar-refractivity contribution >= 4 is 18.3 Å². The lowest BCUT2D eigenvalue weighted by Gasteiger charge is -1.95. The summed E-state index contributed by atoms with van der Waals surface area (Å²) in [4.78, 5) is 9.96. The van der Waals surface area contributed by atoms with Crippen LogP contribution < -0.4 is 0 Å². The molecule has 0 heterocycles. The van der Waals surface area contributed by atoms with Crippen molar-refractivity contribution in [3.05, 3.63) is 33.9 Å². The maximum Gasteiger partial charge on any atom is 0.288 e. The molecule has 4 nitrogen and oxygen atoms in total. The van der Waals surface area contributed by atoms with Gasteiger partial charge in [0.05, 0.1) is 16.7 Å². The van der Waals surface area contributed by atoms with E-state index in [4.69, 9.17) is 5.11 Å². The number of benzene rings is 1. The molecular weight excluding hydrogens is 202 g/mol. The molecule has 5 heteroatoms. The standard InChI is InChI=1S/C9H7NO3S/c11-8-4-3-7(2-1-5-14)9(6-8)10(12)13/h3-4,6,11,14H,5H2. The smallest absolute Gasteiger partial charge is 0.288 e. The van der Waals surface area contributed by atoms with Crippen LogP contribution in [0.1, 0.15) is 5.56 Å². The molecule has 72 valence electrons. The van der Waals surface area contributed by atoms with Crippen LogP contribution in [0.15, 0.2) is 18.2 Å². The Hall–Kier alpha value is -1.67. The number of nitro benzene ring substituents is 1. The van der Waals surface area contributed by atoms with Gasteiger partial charge >= 0.3 is 0 Å². The molecule has 0 aromatic heterocycles. The first-order valence-electron chi connectivity index (χ1n) is 3.72. The van der Waals surface area contributed by atoms with Crippen molar-refractivity contribution in [2.45, 2.75) is 0 Å². The third-order valence-corrected chi connectivity index (χ3v) is 1.64. The maximum atomic E-state index is 10.5. The van der Waals surface area contributed by atoms with Crippen molar-refractivity contribution < 1.29 is 10.0 Å². The predicted octanol–water partition coefficient (Wildman–Crippen LogP) is 1.58. The highest BCUT2D eigenvalue weighted by molar-refractivity contribution is 7.80. The van der Waals surface area contributed by atoms with Crippen LogP contribution in [0.5, 0.6) is 5.75 Å². The molecule has 0 aliphatic heterocycles. The molecule has 1 N–H and O–H groups in total. The molecule has 0 amide bonds. The third-order valence-electron chi connectivity index (χ3n) is 1.48. The van der Waals surface area contributed by atoms with E-state index < -0.39 is 4.92 Å². The Morgan fingerprint density at radius 3 is 2.86 bits per heavy atom. The Balaban J connectivity index is 3.22. The zero-order chi connectivity index (χ0) is 10.6. The molecule has 0 saturated heterocycles. The van der Waals surface area contributed by atoms with Gasteiger partial charge in [0, 0.05) is 0 Å². The number of hydrogen-bond acceptors (Lipinski definition) is 4. The minimum absolute atomic E-state index is 0.145. The van der Waals surface area contributed by atoms with E-state index in [0.717, 1.165) is 6.07 Å². The molecule has 0 spiro atoms. The zero-order valence-electron chi connectivity index (χ0n) is 7.10. The number of phenolic OH excluding ortho intramolecular Hbond substituents is 1. The first-order chi connectivity index (χ1) is 6.65. The fourth-order valence-electron chi connectivity index (χ4n) is 0.912. The van der Waals surface area contributed by atoms with Crippen LogP contribution in [-0.2, 0) is 0 Å². The van der Waals surface area contributed by atoms with Crippen LogP contribution in [-0.4, -0.2) is 15.8 Å². The van der Waals surface area contributed by atoms with E-state index in [1.54, 1.807) is 0 Å². The molecule has 1 aromatic rings. The summed E-state index contributed by atoms with van der Waals surface area (Å²) in [5.41, 5.74) is 0.0844. The SMILES string of the molecule is O=[N+]([O-])c1cc(O)ccc1C#CCS. The van der Waals surface area contributed by atoms with Crippen LogP contribution in [0.4, 0.5) is 5.69 Å². The lowest BCUT2D eigenvalue weighted by molar-refractivity contribution is -0.385. The monoisotopic (exact) mass is 209 g/mol. The van der Waals surface area contributed by atoms with Crippen LogP contribution in [0.3, 0.4) is 0 Å². The van der Waals surface area contributed by atoms with Crippen molar-refractivity contribution in [2.75, 3.05) is 5.75 Å². The molecule has 0 unspecified atom stereocenters. The molecule has 0 radical (unpaired) electrons. The van der Waals surface area contributed by atoms with Crippen LogP contribution in [0.25, 0.3) is 0 Å². The summed E-state index contributed by atoms with van der Waals surface area (Å²) >= 11 is 3.86. The molecular formula is C9H7NO3S. The van der Waals surface area contributed by atoms with Crippen molar-refractivity contribution in [2.24, 2.45) is 0 Å². The lowest BCUT2D eigenvalue weighted by atomic mass is 10.2. The molecule has 1 aromatic carbocycles. The normalized spacial score (nSPS) is 8.93. The molecule has 1 rings (SSSR count). The number of hydrogen-bond donors (Lipinski definition) is 2. The molecule has 0 bridgehead atoms. The second-order valence-corrected chi connectivity index (χ2v) is 2.73. The second kappa shape index (κ2) is 4.53. The van der Waals surface area contributed by atoms with E-state index in [-0.39, 0.29) is 17.0 Å². The van der Waals surface area contributed by atoms with E-state index >= 15 is 0 Å². The highest BCUT2D eigenvalue weighted by atomic mass is 32.1. The molecule has 0 aliphatic rings. The first-order valence-corrected chi connectivity index (χ1v) is 4.35. The van der Waals surface area contributed by atoms with Crippen molar-refractivity contribution in [3.63, 3.8) is 0 Å². The summed E-state index contributed by atoms with van der Waals surface area (Å²) in [5, 5.41) is 19.6. The number of rotatable bonds is 1. The Bertz CT molecular complexity index is 420. The van der Waals surface area contributed by atoms with Gasteiger partial charge in [0.2, 0.25) is 0 Å². The van der Waals surface area contributed by atoms with E-state index in [2.05, 4.69) is 24.5 Å². The van der Waals surface area contributed by atoms with Crippen LogP contribution in [0.2, 0.25) is 0 Å². The number of nitro groups is 1. The topological polar surface area (TPSA) is 63.4 Å². The van der Waals surface area contributed by atoms with Gasteiger partial charge in [-0.15, -0.1) is 0 Å².